The summed E-state index contributed by atoms with van der Waals surface area (Å²) in [6, 6.07) is 19.2. The van der Waals surface area contributed by atoms with Crippen LogP contribution in [0.2, 0.25) is 0 Å². The van der Waals surface area contributed by atoms with Gasteiger partial charge in [0.2, 0.25) is 0 Å². The molecule has 3 aromatic carbocycles. The lowest BCUT2D eigenvalue weighted by Gasteiger charge is -2.05. The van der Waals surface area contributed by atoms with E-state index in [2.05, 4.69) is 80.7 Å². The first-order valence-corrected chi connectivity index (χ1v) is 7.83. The second-order valence-corrected chi connectivity index (χ2v) is 6.84. The average Bonchev–Trinajstić information content (AvgIpc) is 2.93. The topological polar surface area (TPSA) is 25.8 Å². The average molecular weight is 341 g/mol. The van der Waals surface area contributed by atoms with E-state index in [9.17, 15) is 0 Å². The van der Waals surface area contributed by atoms with Gasteiger partial charge in [0.25, 0.3) is 0 Å². The lowest BCUT2D eigenvalue weighted by molar-refractivity contribution is 1.08. The van der Waals surface area contributed by atoms with Gasteiger partial charge < -0.3 is 0 Å². The Morgan fingerprint density at radius 3 is 2.35 bits per heavy atom. The van der Waals surface area contributed by atoms with E-state index in [-0.39, 0.29) is 0 Å². The minimum atomic E-state index is 0.811. The van der Waals surface area contributed by atoms with E-state index in [0.717, 1.165) is 14.5 Å². The fraction of sp³-hybridized carbons (Fsp3) is 0. The fourth-order valence-corrected chi connectivity index (χ4v) is 3.56. The molecule has 0 N–H and O–H groups in total. The van der Waals surface area contributed by atoms with Gasteiger partial charge in [0.05, 0.1) is 0 Å². The predicted octanol–water partition coefficient (Wildman–Crippen LogP) is 5.27. The normalized spacial score (nSPS) is 11.2. The summed E-state index contributed by atoms with van der Waals surface area (Å²) in [5, 5.41) is 14.2. The second kappa shape index (κ2) is 4.65. The Hall–Kier alpha value is -1.78. The number of aromatic nitrogens is 2. The van der Waals surface area contributed by atoms with Crippen LogP contribution in [-0.4, -0.2) is 10.2 Å². The fourth-order valence-electron chi connectivity index (χ4n) is 2.46. The van der Waals surface area contributed by atoms with Crippen LogP contribution < -0.4 is 0 Å². The van der Waals surface area contributed by atoms with Crippen molar-refractivity contribution >= 4 is 48.8 Å². The van der Waals surface area contributed by atoms with Crippen molar-refractivity contribution in [1.29, 1.82) is 0 Å². The Kier molecular flexibility index (Phi) is 2.79. The number of hydrogen-bond donors (Lipinski definition) is 0. The van der Waals surface area contributed by atoms with E-state index < -0.39 is 0 Å². The summed E-state index contributed by atoms with van der Waals surface area (Å²) in [5.74, 6) is 0. The van der Waals surface area contributed by atoms with Crippen molar-refractivity contribution in [2.24, 2.45) is 0 Å². The van der Waals surface area contributed by atoms with Crippen LogP contribution in [-0.2, 0) is 0 Å². The van der Waals surface area contributed by atoms with Gasteiger partial charge in [-0.05, 0) is 43.5 Å². The Bertz CT molecular complexity index is 930. The summed E-state index contributed by atoms with van der Waals surface area (Å²) in [7, 11) is 0. The standard InChI is InChI=1S/C16H9BrN2S/c17-16-19-18-15(20-16)12-8-7-11-6-5-10-3-1-2-4-13(10)14(11)9-12/h1-9H. The van der Waals surface area contributed by atoms with Crippen molar-refractivity contribution in [2.75, 3.05) is 0 Å². The molecule has 0 radical (unpaired) electrons. The van der Waals surface area contributed by atoms with Gasteiger partial charge in [0, 0.05) is 5.56 Å². The molecule has 1 aromatic heterocycles. The SMILES string of the molecule is Brc1nnc(-c2ccc3ccc4ccccc4c3c2)s1. The molecular weight excluding hydrogens is 332 g/mol. The molecule has 4 rings (SSSR count). The van der Waals surface area contributed by atoms with E-state index in [1.54, 1.807) is 11.3 Å². The lowest BCUT2D eigenvalue weighted by atomic mass is 10.0. The molecule has 96 valence electrons. The van der Waals surface area contributed by atoms with Crippen LogP contribution in [0.4, 0.5) is 0 Å². The second-order valence-electron chi connectivity index (χ2n) is 4.58. The summed E-state index contributed by atoms with van der Waals surface area (Å²) in [4.78, 5) is 0. The molecule has 0 fully saturated rings. The molecule has 20 heavy (non-hydrogen) atoms. The Balaban J connectivity index is 2.04. The van der Waals surface area contributed by atoms with Crippen molar-refractivity contribution < 1.29 is 0 Å². The summed E-state index contributed by atoms with van der Waals surface area (Å²) < 4.78 is 0.811. The highest BCUT2D eigenvalue weighted by atomic mass is 79.9. The zero-order valence-corrected chi connectivity index (χ0v) is 12.8. The lowest BCUT2D eigenvalue weighted by Crippen LogP contribution is -1.81. The number of benzene rings is 3. The number of nitrogens with zero attached hydrogens (tertiary/aromatic N) is 2. The van der Waals surface area contributed by atoms with Crippen LogP contribution in [0.25, 0.3) is 32.1 Å². The highest BCUT2D eigenvalue weighted by Gasteiger charge is 2.07. The minimum absolute atomic E-state index is 0.811. The molecule has 0 saturated carbocycles. The molecule has 0 aliphatic carbocycles. The van der Waals surface area contributed by atoms with Gasteiger partial charge in [-0.15, -0.1) is 10.2 Å². The van der Waals surface area contributed by atoms with E-state index in [1.807, 2.05) is 0 Å². The van der Waals surface area contributed by atoms with Crippen LogP contribution in [0, 0.1) is 0 Å². The molecule has 2 nitrogen and oxygen atoms in total. The van der Waals surface area contributed by atoms with Crippen LogP contribution in [0.3, 0.4) is 0 Å². The largest absolute Gasteiger partial charge is 0.183 e. The van der Waals surface area contributed by atoms with Crippen molar-refractivity contribution in [1.82, 2.24) is 10.2 Å². The molecule has 0 saturated heterocycles. The number of hydrogen-bond acceptors (Lipinski definition) is 3. The molecule has 0 bridgehead atoms. The van der Waals surface area contributed by atoms with E-state index in [0.29, 0.717) is 0 Å². The maximum atomic E-state index is 4.19. The van der Waals surface area contributed by atoms with Crippen LogP contribution in [0.15, 0.2) is 58.5 Å². The van der Waals surface area contributed by atoms with Gasteiger partial charge in [0.15, 0.2) is 3.92 Å². The molecule has 0 aliphatic rings. The maximum absolute atomic E-state index is 4.19. The van der Waals surface area contributed by atoms with Gasteiger partial charge in [-0.1, -0.05) is 59.9 Å². The maximum Gasteiger partial charge on any atom is 0.183 e. The van der Waals surface area contributed by atoms with E-state index in [1.165, 1.54) is 21.5 Å². The monoisotopic (exact) mass is 340 g/mol. The molecule has 0 amide bonds. The zero-order chi connectivity index (χ0) is 13.5. The van der Waals surface area contributed by atoms with Crippen LogP contribution >= 0.6 is 27.3 Å². The quantitative estimate of drug-likeness (QED) is 0.441. The molecule has 0 spiro atoms. The predicted molar refractivity (Wildman–Crippen MR) is 88.1 cm³/mol. The third-order valence-corrected chi connectivity index (χ3v) is 4.80. The third kappa shape index (κ3) is 1.92. The smallest absolute Gasteiger partial charge is 0.137 e. The Morgan fingerprint density at radius 2 is 1.55 bits per heavy atom. The van der Waals surface area contributed by atoms with Gasteiger partial charge >= 0.3 is 0 Å². The Labute approximate surface area is 128 Å². The first-order chi connectivity index (χ1) is 9.81. The van der Waals surface area contributed by atoms with Crippen molar-refractivity contribution in [3.8, 4) is 10.6 Å². The summed E-state index contributed by atoms with van der Waals surface area (Å²) in [6.07, 6.45) is 0. The molecule has 0 atom stereocenters. The van der Waals surface area contributed by atoms with Gasteiger partial charge in [-0.3, -0.25) is 0 Å². The van der Waals surface area contributed by atoms with Gasteiger partial charge in [-0.25, -0.2) is 0 Å². The van der Waals surface area contributed by atoms with Crippen LogP contribution in [0.1, 0.15) is 0 Å². The summed E-state index contributed by atoms with van der Waals surface area (Å²) in [6.45, 7) is 0. The number of rotatable bonds is 1. The first kappa shape index (κ1) is 12.0. The molecule has 4 aromatic rings. The summed E-state index contributed by atoms with van der Waals surface area (Å²) in [5.41, 5.74) is 1.11. The van der Waals surface area contributed by atoms with Crippen molar-refractivity contribution in [2.45, 2.75) is 0 Å². The van der Waals surface area contributed by atoms with Gasteiger partial charge in [-0.2, -0.15) is 0 Å². The first-order valence-electron chi connectivity index (χ1n) is 6.22. The van der Waals surface area contributed by atoms with Crippen LogP contribution in [0.5, 0.6) is 0 Å². The van der Waals surface area contributed by atoms with E-state index in [4.69, 9.17) is 0 Å². The molecular formula is C16H9BrN2S. The highest BCUT2D eigenvalue weighted by Crippen LogP contribution is 2.32. The molecule has 0 aliphatic heterocycles. The van der Waals surface area contributed by atoms with Gasteiger partial charge in [0.1, 0.15) is 5.01 Å². The number of fused-ring (bicyclic) bond motifs is 3. The van der Waals surface area contributed by atoms with Crippen molar-refractivity contribution in [3.63, 3.8) is 0 Å². The Morgan fingerprint density at radius 1 is 0.800 bits per heavy atom. The third-order valence-electron chi connectivity index (χ3n) is 3.39. The van der Waals surface area contributed by atoms with E-state index >= 15 is 0 Å². The van der Waals surface area contributed by atoms with Crippen molar-refractivity contribution in [3.05, 3.63) is 58.5 Å². The molecule has 1 heterocycles. The number of halogens is 1. The highest BCUT2D eigenvalue weighted by molar-refractivity contribution is 9.11. The molecule has 4 heteroatoms. The molecule has 0 unspecified atom stereocenters. The minimum Gasteiger partial charge on any atom is -0.137 e. The zero-order valence-electron chi connectivity index (χ0n) is 10.4. The summed E-state index contributed by atoms with van der Waals surface area (Å²) >= 11 is 4.91.